The van der Waals surface area contributed by atoms with E-state index < -0.39 is 0 Å². The number of aromatic nitrogens is 8. The molecule has 0 spiro atoms. The summed E-state index contributed by atoms with van der Waals surface area (Å²) in [4.78, 5) is 22.0. The number of pyridine rings is 2. The Morgan fingerprint density at radius 1 is 1.05 bits per heavy atom. The quantitative estimate of drug-likeness (QED) is 0.188. The van der Waals surface area contributed by atoms with Gasteiger partial charge >= 0.3 is 0 Å². The molecular weight excluding hydrogens is 510 g/mol. The molecule has 41 heavy (non-hydrogen) atoms. The molecule has 0 bridgehead atoms. The highest BCUT2D eigenvalue weighted by Crippen LogP contribution is 2.28. The molecule has 0 unspecified atom stereocenters. The number of allylic oxidation sites excluding steroid dienone is 5. The third-order valence-corrected chi connectivity index (χ3v) is 6.72. The summed E-state index contributed by atoms with van der Waals surface area (Å²) in [6.07, 6.45) is 13.8. The van der Waals surface area contributed by atoms with Crippen molar-refractivity contribution in [2.75, 3.05) is 0 Å². The highest BCUT2D eigenvalue weighted by Gasteiger charge is 2.17. The number of hydrogen-bond acceptors (Lipinski definition) is 6. The number of nitrogens with zero attached hydrogens (tertiary/aromatic N) is 6. The van der Waals surface area contributed by atoms with E-state index in [1.165, 1.54) is 5.56 Å². The van der Waals surface area contributed by atoms with Gasteiger partial charge in [-0.3, -0.25) is 10.1 Å². The van der Waals surface area contributed by atoms with Crippen molar-refractivity contribution in [1.82, 2.24) is 45.0 Å². The minimum absolute atomic E-state index is 0.602. The maximum atomic E-state index is 4.99. The van der Waals surface area contributed by atoms with Crippen molar-refractivity contribution in [3.63, 3.8) is 0 Å². The van der Waals surface area contributed by atoms with Gasteiger partial charge in [-0.15, -0.1) is 0 Å². The minimum atomic E-state index is 0.602. The molecule has 0 atom stereocenters. The van der Waals surface area contributed by atoms with Gasteiger partial charge in [-0.1, -0.05) is 49.6 Å². The zero-order valence-corrected chi connectivity index (χ0v) is 22.9. The van der Waals surface area contributed by atoms with Crippen LogP contribution >= 0.6 is 0 Å². The van der Waals surface area contributed by atoms with E-state index in [9.17, 15) is 0 Å². The summed E-state index contributed by atoms with van der Waals surface area (Å²) >= 11 is 0. The number of rotatable bonds is 9. The van der Waals surface area contributed by atoms with Crippen LogP contribution in [0.5, 0.6) is 0 Å². The van der Waals surface area contributed by atoms with Crippen LogP contribution in [0.4, 0.5) is 0 Å². The standard InChI is InChI=1S/C32H29N9/c1-5-23(15-24(6-2)35-20(3)14-22-10-8-7-9-11-22)25-12-13-26-30(36-25)31(40-39-26)32-37-27-16-33-17-28(29(27)38-32)41-18-21(4)34-19-41/h5-13,15-19,35H,2-3,14H2,1,4H3,(H,37,38)(H,39,40)/b23-5+,24-15+. The van der Waals surface area contributed by atoms with Crippen LogP contribution in [-0.2, 0) is 6.42 Å². The molecule has 0 aliphatic carbocycles. The zero-order chi connectivity index (χ0) is 28.3. The topological polar surface area (TPSA) is 113 Å². The fourth-order valence-corrected chi connectivity index (χ4v) is 4.71. The lowest BCUT2D eigenvalue weighted by Crippen LogP contribution is -2.12. The molecule has 1 aromatic carbocycles. The lowest BCUT2D eigenvalue weighted by atomic mass is 10.1. The van der Waals surface area contributed by atoms with Gasteiger partial charge < -0.3 is 14.9 Å². The Balaban J connectivity index is 1.32. The minimum Gasteiger partial charge on any atom is -0.359 e. The number of aromatic amines is 2. The van der Waals surface area contributed by atoms with Crippen LogP contribution in [-0.4, -0.2) is 39.7 Å². The van der Waals surface area contributed by atoms with E-state index >= 15 is 0 Å². The first-order chi connectivity index (χ1) is 20.0. The van der Waals surface area contributed by atoms with E-state index in [1.54, 1.807) is 24.8 Å². The van der Waals surface area contributed by atoms with Crippen LogP contribution < -0.4 is 5.32 Å². The third kappa shape index (κ3) is 5.20. The molecule has 202 valence electrons. The Morgan fingerprint density at radius 2 is 1.90 bits per heavy atom. The summed E-state index contributed by atoms with van der Waals surface area (Å²) in [7, 11) is 0. The van der Waals surface area contributed by atoms with Crippen LogP contribution in [0.15, 0.2) is 110 Å². The average Bonchev–Trinajstić information content (AvgIpc) is 3.73. The number of nitrogens with one attached hydrogen (secondary N) is 3. The summed E-state index contributed by atoms with van der Waals surface area (Å²) in [6, 6.07) is 14.2. The Labute approximate surface area is 237 Å². The second-order valence-electron chi connectivity index (χ2n) is 9.67. The first kappa shape index (κ1) is 25.7. The number of fused-ring (bicyclic) bond motifs is 2. The van der Waals surface area contributed by atoms with Gasteiger partial charge in [0.25, 0.3) is 0 Å². The zero-order valence-electron chi connectivity index (χ0n) is 22.9. The van der Waals surface area contributed by atoms with E-state index in [4.69, 9.17) is 9.97 Å². The number of aryl methyl sites for hydroxylation is 1. The van der Waals surface area contributed by atoms with Gasteiger partial charge in [-0.25, -0.2) is 15.0 Å². The second-order valence-corrected chi connectivity index (χ2v) is 9.67. The Kier molecular flexibility index (Phi) is 6.83. The van der Waals surface area contributed by atoms with Gasteiger partial charge in [0.05, 0.1) is 46.8 Å². The van der Waals surface area contributed by atoms with Crippen molar-refractivity contribution in [1.29, 1.82) is 0 Å². The van der Waals surface area contributed by atoms with Gasteiger partial charge in [0, 0.05) is 24.0 Å². The Hall–Kier alpha value is -5.57. The van der Waals surface area contributed by atoms with E-state index in [0.717, 1.165) is 57.0 Å². The van der Waals surface area contributed by atoms with Gasteiger partial charge in [-0.2, -0.15) is 5.10 Å². The summed E-state index contributed by atoms with van der Waals surface area (Å²) < 4.78 is 1.92. The largest absolute Gasteiger partial charge is 0.359 e. The molecule has 5 heterocycles. The molecule has 9 nitrogen and oxygen atoms in total. The number of benzene rings is 1. The molecule has 0 saturated carbocycles. The molecule has 0 aliphatic rings. The number of hydrogen-bond donors (Lipinski definition) is 3. The highest BCUT2D eigenvalue weighted by molar-refractivity contribution is 5.93. The van der Waals surface area contributed by atoms with Crippen LogP contribution in [0.3, 0.4) is 0 Å². The van der Waals surface area contributed by atoms with Crippen LogP contribution in [0.2, 0.25) is 0 Å². The lowest BCUT2D eigenvalue weighted by Gasteiger charge is -2.12. The van der Waals surface area contributed by atoms with Crippen LogP contribution in [0.25, 0.3) is 44.8 Å². The Bertz CT molecular complexity index is 1950. The predicted molar refractivity (Wildman–Crippen MR) is 163 cm³/mol. The van der Waals surface area contributed by atoms with Crippen molar-refractivity contribution < 1.29 is 0 Å². The fraction of sp³-hybridized carbons (Fsp3) is 0.0938. The summed E-state index contributed by atoms with van der Waals surface area (Å²) in [5.41, 5.74) is 10.1. The summed E-state index contributed by atoms with van der Waals surface area (Å²) in [5.74, 6) is 0.602. The SMILES string of the molecule is C=C/C(=C\C(=C/C)c1ccc2[nH]nc(-c3nc4c(-n5cnc(C)c5)cncc4[nH]3)c2n1)NC(=C)Cc1ccccc1. The molecule has 0 saturated heterocycles. The van der Waals surface area contributed by atoms with Crippen molar-refractivity contribution in [2.45, 2.75) is 20.3 Å². The molecule has 5 aromatic heterocycles. The van der Waals surface area contributed by atoms with Crippen molar-refractivity contribution in [3.8, 4) is 17.2 Å². The molecule has 6 rings (SSSR count). The van der Waals surface area contributed by atoms with Crippen LogP contribution in [0, 0.1) is 6.92 Å². The number of H-pyrrole nitrogens is 2. The average molecular weight is 540 g/mol. The summed E-state index contributed by atoms with van der Waals surface area (Å²) in [6.45, 7) is 12.1. The maximum absolute atomic E-state index is 4.99. The molecular formula is C32H29N9. The molecule has 3 N–H and O–H groups in total. The normalized spacial score (nSPS) is 12.2. The third-order valence-electron chi connectivity index (χ3n) is 6.72. The molecule has 0 aliphatic heterocycles. The van der Waals surface area contributed by atoms with Gasteiger partial charge in [0.2, 0.25) is 0 Å². The van der Waals surface area contributed by atoms with Gasteiger partial charge in [0.1, 0.15) is 11.0 Å². The molecule has 0 amide bonds. The van der Waals surface area contributed by atoms with Crippen LogP contribution in [0.1, 0.15) is 23.9 Å². The maximum Gasteiger partial charge on any atom is 0.161 e. The molecule has 9 heteroatoms. The van der Waals surface area contributed by atoms with Crippen molar-refractivity contribution in [3.05, 3.63) is 127 Å². The molecule has 0 fully saturated rings. The lowest BCUT2D eigenvalue weighted by molar-refractivity contribution is 0.942. The first-order valence-corrected chi connectivity index (χ1v) is 13.2. The smallest absolute Gasteiger partial charge is 0.161 e. The fourth-order valence-electron chi connectivity index (χ4n) is 4.71. The van der Waals surface area contributed by atoms with E-state index in [1.807, 2.05) is 67.1 Å². The van der Waals surface area contributed by atoms with Gasteiger partial charge in [-0.05, 0) is 49.3 Å². The van der Waals surface area contributed by atoms with Crippen molar-refractivity contribution in [2.24, 2.45) is 0 Å². The molecule has 6 aromatic rings. The summed E-state index contributed by atoms with van der Waals surface area (Å²) in [5, 5.41) is 11.0. The predicted octanol–water partition coefficient (Wildman–Crippen LogP) is 6.21. The monoisotopic (exact) mass is 539 g/mol. The van der Waals surface area contributed by atoms with Gasteiger partial charge in [0.15, 0.2) is 11.5 Å². The van der Waals surface area contributed by atoms with E-state index in [-0.39, 0.29) is 0 Å². The molecule has 0 radical (unpaired) electrons. The van der Waals surface area contributed by atoms with E-state index in [0.29, 0.717) is 17.0 Å². The first-order valence-electron chi connectivity index (χ1n) is 13.2. The van der Waals surface area contributed by atoms with Crippen molar-refractivity contribution >= 4 is 27.6 Å². The number of imidazole rings is 2. The second kappa shape index (κ2) is 10.9. The van der Waals surface area contributed by atoms with E-state index in [2.05, 4.69) is 55.8 Å². The Morgan fingerprint density at radius 3 is 2.66 bits per heavy atom. The highest BCUT2D eigenvalue weighted by atomic mass is 15.2.